The lowest BCUT2D eigenvalue weighted by Crippen LogP contribution is -2.40. The molecule has 1 aliphatic heterocycles. The summed E-state index contributed by atoms with van der Waals surface area (Å²) < 4.78 is 21.9. The molecule has 2 atom stereocenters. The van der Waals surface area contributed by atoms with Gasteiger partial charge in [-0.3, -0.25) is 4.79 Å². The second-order valence-electron chi connectivity index (χ2n) is 8.28. The zero-order valence-electron chi connectivity index (χ0n) is 20.2. The summed E-state index contributed by atoms with van der Waals surface area (Å²) in [5, 5.41) is 8.91. The highest BCUT2D eigenvalue weighted by Crippen LogP contribution is 2.32. The van der Waals surface area contributed by atoms with E-state index >= 15 is 0 Å². The van der Waals surface area contributed by atoms with Crippen LogP contribution >= 0.6 is 0 Å². The highest BCUT2D eigenvalue weighted by Gasteiger charge is 2.35. The summed E-state index contributed by atoms with van der Waals surface area (Å²) in [6.45, 7) is 1.50. The number of methoxy groups -OCH3 is 2. The lowest BCUT2D eigenvalue weighted by molar-refractivity contribution is -0.158. The van der Waals surface area contributed by atoms with Gasteiger partial charge in [-0.2, -0.15) is 0 Å². The number of benzene rings is 2. The third-order valence-corrected chi connectivity index (χ3v) is 5.92. The fourth-order valence-electron chi connectivity index (χ4n) is 4.18. The molecule has 1 N–H and O–H groups in total. The highest BCUT2D eigenvalue weighted by atomic mass is 16.5. The number of likely N-dealkylation sites (tertiary alicyclic amines) is 1. The Morgan fingerprint density at radius 3 is 2.54 bits per heavy atom. The van der Waals surface area contributed by atoms with E-state index in [0.29, 0.717) is 48.6 Å². The van der Waals surface area contributed by atoms with Crippen LogP contribution < -0.4 is 14.2 Å². The van der Waals surface area contributed by atoms with Crippen molar-refractivity contribution in [1.29, 1.82) is 0 Å². The van der Waals surface area contributed by atoms with E-state index in [0.717, 1.165) is 12.0 Å². The van der Waals surface area contributed by atoms with Crippen LogP contribution in [-0.2, 0) is 25.5 Å². The number of aryl methyl sites for hydroxylation is 1. The number of carbonyl (C=O) groups excluding carboxylic acids is 2. The van der Waals surface area contributed by atoms with Gasteiger partial charge in [-0.05, 0) is 61.1 Å². The van der Waals surface area contributed by atoms with Crippen molar-refractivity contribution in [2.75, 3.05) is 27.4 Å². The molecule has 9 heteroatoms. The van der Waals surface area contributed by atoms with Crippen LogP contribution in [0.2, 0.25) is 0 Å². The van der Waals surface area contributed by atoms with Crippen LogP contribution in [0.4, 0.5) is 0 Å². The van der Waals surface area contributed by atoms with Gasteiger partial charge in [-0.25, -0.2) is 9.59 Å². The Morgan fingerprint density at radius 2 is 1.86 bits per heavy atom. The van der Waals surface area contributed by atoms with Crippen molar-refractivity contribution in [2.24, 2.45) is 0 Å². The Balaban J connectivity index is 1.81. The second-order valence-corrected chi connectivity index (χ2v) is 8.28. The summed E-state index contributed by atoms with van der Waals surface area (Å²) in [5.41, 5.74) is 1.64. The molecule has 0 aromatic heterocycles. The van der Waals surface area contributed by atoms with Gasteiger partial charge in [0.05, 0.1) is 14.2 Å². The van der Waals surface area contributed by atoms with Crippen LogP contribution in [0.15, 0.2) is 42.5 Å². The number of nitrogens with zero attached hydrogens (tertiary/aromatic N) is 1. The van der Waals surface area contributed by atoms with Crippen molar-refractivity contribution in [2.45, 2.75) is 44.8 Å². The van der Waals surface area contributed by atoms with E-state index in [9.17, 15) is 14.4 Å². The van der Waals surface area contributed by atoms with Crippen molar-refractivity contribution in [3.8, 4) is 17.2 Å². The smallest absolute Gasteiger partial charge is 0.341 e. The Morgan fingerprint density at radius 1 is 1.09 bits per heavy atom. The average Bonchev–Trinajstić information content (AvgIpc) is 3.36. The number of rotatable bonds is 11. The fraction of sp³-hybridized carbons (Fsp3) is 0.423. The fourth-order valence-corrected chi connectivity index (χ4v) is 4.18. The third kappa shape index (κ3) is 6.88. The minimum atomic E-state index is -1.09. The molecule has 2 aromatic carbocycles. The molecule has 0 saturated carbocycles. The van der Waals surface area contributed by atoms with Gasteiger partial charge in [-0.1, -0.05) is 18.2 Å². The first-order valence-electron chi connectivity index (χ1n) is 11.5. The van der Waals surface area contributed by atoms with Gasteiger partial charge in [0.1, 0.15) is 17.9 Å². The molecule has 1 heterocycles. The van der Waals surface area contributed by atoms with Gasteiger partial charge in [0.15, 0.2) is 18.1 Å². The number of carboxylic acids is 1. The van der Waals surface area contributed by atoms with Gasteiger partial charge in [0, 0.05) is 13.5 Å². The van der Waals surface area contributed by atoms with Gasteiger partial charge in [0.2, 0.25) is 5.91 Å². The summed E-state index contributed by atoms with van der Waals surface area (Å²) in [4.78, 5) is 37.4. The summed E-state index contributed by atoms with van der Waals surface area (Å²) in [6, 6.07) is 11.8. The molecule has 1 saturated heterocycles. The molecule has 1 aliphatic rings. The van der Waals surface area contributed by atoms with Crippen LogP contribution in [0.3, 0.4) is 0 Å². The maximum Gasteiger partial charge on any atom is 0.341 e. The van der Waals surface area contributed by atoms with E-state index < -0.39 is 30.7 Å². The Labute approximate surface area is 204 Å². The number of aliphatic carboxylic acids is 1. The molecular formula is C26H31NO8. The van der Waals surface area contributed by atoms with Crippen molar-refractivity contribution < 1.29 is 38.4 Å². The molecular weight excluding hydrogens is 454 g/mol. The minimum Gasteiger partial charge on any atom is -0.493 e. The maximum absolute atomic E-state index is 13.1. The predicted molar refractivity (Wildman–Crippen MR) is 127 cm³/mol. The number of carboxylic acid groups (broad SMARTS) is 1. The van der Waals surface area contributed by atoms with E-state index in [-0.39, 0.29) is 5.91 Å². The average molecular weight is 486 g/mol. The Hall–Kier alpha value is -3.75. The Bertz CT molecular complexity index is 1050. The predicted octanol–water partition coefficient (Wildman–Crippen LogP) is 3.40. The number of carbonyl (C=O) groups is 3. The quantitative estimate of drug-likeness (QED) is 0.482. The molecule has 188 valence electrons. The van der Waals surface area contributed by atoms with Crippen LogP contribution in [0.25, 0.3) is 0 Å². The zero-order valence-corrected chi connectivity index (χ0v) is 20.2. The Kier molecular flexibility index (Phi) is 8.94. The van der Waals surface area contributed by atoms with Crippen LogP contribution in [0, 0.1) is 0 Å². The van der Waals surface area contributed by atoms with Crippen molar-refractivity contribution >= 4 is 17.8 Å². The SMILES string of the molecule is COc1ccc(CCC(OC(=O)[C@@H]2CCCN2C(C)=O)c2cccc(OCC(=O)O)c2)cc1OC. The van der Waals surface area contributed by atoms with E-state index in [1.54, 1.807) is 43.4 Å². The number of esters is 1. The highest BCUT2D eigenvalue weighted by molar-refractivity contribution is 5.84. The first-order valence-corrected chi connectivity index (χ1v) is 11.5. The molecule has 9 nitrogen and oxygen atoms in total. The maximum atomic E-state index is 13.1. The topological polar surface area (TPSA) is 112 Å². The van der Waals surface area contributed by atoms with Gasteiger partial charge in [0.25, 0.3) is 0 Å². The van der Waals surface area contributed by atoms with Crippen molar-refractivity contribution in [3.05, 3.63) is 53.6 Å². The summed E-state index contributed by atoms with van der Waals surface area (Å²) in [7, 11) is 3.14. The normalized spacial score (nSPS) is 15.9. The van der Waals surface area contributed by atoms with Crippen LogP contribution in [0.1, 0.15) is 43.4 Å². The van der Waals surface area contributed by atoms with Crippen molar-refractivity contribution in [1.82, 2.24) is 4.90 Å². The number of amides is 1. The number of ether oxygens (including phenoxy) is 4. The molecule has 0 spiro atoms. The third-order valence-electron chi connectivity index (χ3n) is 5.92. The second kappa shape index (κ2) is 12.1. The first-order chi connectivity index (χ1) is 16.8. The molecule has 0 bridgehead atoms. The lowest BCUT2D eigenvalue weighted by Gasteiger charge is -2.25. The number of hydrogen-bond donors (Lipinski definition) is 1. The molecule has 2 aromatic rings. The van der Waals surface area contributed by atoms with Crippen molar-refractivity contribution in [3.63, 3.8) is 0 Å². The zero-order chi connectivity index (χ0) is 25.4. The molecule has 35 heavy (non-hydrogen) atoms. The molecule has 0 radical (unpaired) electrons. The largest absolute Gasteiger partial charge is 0.493 e. The summed E-state index contributed by atoms with van der Waals surface area (Å²) in [6.07, 6.45) is 1.70. The van der Waals surface area contributed by atoms with E-state index in [4.69, 9.17) is 24.1 Å². The number of hydrogen-bond acceptors (Lipinski definition) is 7. The van der Waals surface area contributed by atoms with E-state index in [2.05, 4.69) is 0 Å². The summed E-state index contributed by atoms with van der Waals surface area (Å²) in [5.74, 6) is -0.110. The lowest BCUT2D eigenvalue weighted by atomic mass is 10.0. The van der Waals surface area contributed by atoms with Crippen LogP contribution in [0.5, 0.6) is 17.2 Å². The first kappa shape index (κ1) is 25.9. The molecule has 0 aliphatic carbocycles. The standard InChI is InChI=1S/C26H31NO8/c1-17(28)27-13-5-8-21(27)26(31)35-22(19-6-4-7-20(15-19)34-16-25(29)30)11-9-18-10-12-23(32-2)24(14-18)33-3/h4,6-7,10,12,14-15,21-22H,5,8-9,11,13,16H2,1-3H3,(H,29,30)/t21-,22?/m0/s1. The van der Waals surface area contributed by atoms with E-state index in [1.165, 1.54) is 6.92 Å². The van der Waals surface area contributed by atoms with Gasteiger partial charge < -0.3 is 29.0 Å². The van der Waals surface area contributed by atoms with Crippen LogP contribution in [-0.4, -0.2) is 61.3 Å². The van der Waals surface area contributed by atoms with Gasteiger partial charge in [-0.15, -0.1) is 0 Å². The minimum absolute atomic E-state index is 0.157. The molecule has 1 fully saturated rings. The molecule has 1 amide bonds. The molecule has 1 unspecified atom stereocenters. The molecule has 3 rings (SSSR count). The van der Waals surface area contributed by atoms with E-state index in [1.807, 2.05) is 18.2 Å². The van der Waals surface area contributed by atoms with Gasteiger partial charge >= 0.3 is 11.9 Å². The summed E-state index contributed by atoms with van der Waals surface area (Å²) >= 11 is 0. The monoisotopic (exact) mass is 485 g/mol.